The van der Waals surface area contributed by atoms with Gasteiger partial charge in [0.05, 0.1) is 11.3 Å². The van der Waals surface area contributed by atoms with Crippen LogP contribution in [-0.2, 0) is 10.0 Å². The van der Waals surface area contributed by atoms with Crippen molar-refractivity contribution in [3.63, 3.8) is 0 Å². The number of benzene rings is 2. The molecule has 130 valence electrons. The average molecular weight is 374 g/mol. The molecule has 0 saturated carbocycles. The highest BCUT2D eigenvalue weighted by Crippen LogP contribution is 2.22. The zero-order chi connectivity index (χ0) is 18.0. The lowest BCUT2D eigenvalue weighted by atomic mass is 10.0. The molecule has 2 aromatic carbocycles. The Labute approximate surface area is 153 Å². The van der Waals surface area contributed by atoms with Gasteiger partial charge in [-0.1, -0.05) is 61.9 Å². The van der Waals surface area contributed by atoms with E-state index >= 15 is 0 Å². The molecule has 25 heavy (non-hydrogen) atoms. The Morgan fingerprint density at radius 1 is 1.12 bits per heavy atom. The van der Waals surface area contributed by atoms with Gasteiger partial charge in [-0.25, -0.2) is 12.4 Å². The van der Waals surface area contributed by atoms with Gasteiger partial charge in [-0.3, -0.25) is 0 Å². The molecule has 0 fully saturated rings. The molecule has 0 atom stereocenters. The summed E-state index contributed by atoms with van der Waals surface area (Å²) in [4.78, 5) is 0. The standard InChI is InChI=1S/C20H20ClNO2S/c1-15(2)17-7-3-5-16(13-17)6-4-12-25(23,24)22-11-10-18-14-19(21)8-9-20(18)22/h3-11,13-15H,12H2,1-2H3. The van der Waals surface area contributed by atoms with E-state index in [0.29, 0.717) is 16.5 Å². The number of nitrogens with zero attached hydrogens (tertiary/aromatic N) is 1. The first-order valence-corrected chi connectivity index (χ1v) is 10.1. The molecule has 0 radical (unpaired) electrons. The fourth-order valence-corrected chi connectivity index (χ4v) is 4.13. The van der Waals surface area contributed by atoms with E-state index in [1.54, 1.807) is 36.5 Å². The lowest BCUT2D eigenvalue weighted by Crippen LogP contribution is -2.14. The monoisotopic (exact) mass is 373 g/mol. The van der Waals surface area contributed by atoms with E-state index in [4.69, 9.17) is 11.6 Å². The first-order chi connectivity index (χ1) is 11.9. The highest BCUT2D eigenvalue weighted by Gasteiger charge is 2.14. The second-order valence-electron chi connectivity index (χ2n) is 6.32. The van der Waals surface area contributed by atoms with E-state index in [1.807, 2.05) is 18.2 Å². The molecule has 0 amide bonds. The SMILES string of the molecule is CC(C)c1cccc(C=CCS(=O)(=O)n2ccc3cc(Cl)ccc32)c1. The van der Waals surface area contributed by atoms with Crippen LogP contribution in [0.5, 0.6) is 0 Å². The molecule has 0 bridgehead atoms. The second kappa shape index (κ2) is 7.06. The third kappa shape index (κ3) is 3.97. The number of fused-ring (bicyclic) bond motifs is 1. The van der Waals surface area contributed by atoms with E-state index in [1.165, 1.54) is 9.54 Å². The van der Waals surface area contributed by atoms with Crippen LogP contribution in [-0.4, -0.2) is 18.1 Å². The Morgan fingerprint density at radius 2 is 1.92 bits per heavy atom. The molecule has 5 heteroatoms. The summed E-state index contributed by atoms with van der Waals surface area (Å²) >= 11 is 5.96. The minimum absolute atomic E-state index is 0.0642. The molecular formula is C20H20ClNO2S. The summed E-state index contributed by atoms with van der Waals surface area (Å²) in [6.45, 7) is 4.27. The number of hydrogen-bond donors (Lipinski definition) is 0. The van der Waals surface area contributed by atoms with Crippen molar-refractivity contribution in [1.29, 1.82) is 0 Å². The molecule has 3 nitrogen and oxygen atoms in total. The molecule has 0 aliphatic heterocycles. The van der Waals surface area contributed by atoms with Crippen molar-refractivity contribution in [3.05, 3.63) is 77.0 Å². The zero-order valence-electron chi connectivity index (χ0n) is 14.2. The Kier molecular flexibility index (Phi) is 5.02. The molecule has 1 aromatic heterocycles. The summed E-state index contributed by atoms with van der Waals surface area (Å²) in [6.07, 6.45) is 5.12. The maximum atomic E-state index is 12.6. The van der Waals surface area contributed by atoms with Gasteiger partial charge >= 0.3 is 0 Å². The van der Waals surface area contributed by atoms with Crippen molar-refractivity contribution in [2.75, 3.05) is 5.75 Å². The molecule has 0 aliphatic carbocycles. The summed E-state index contributed by atoms with van der Waals surface area (Å²) in [5.74, 6) is 0.376. The topological polar surface area (TPSA) is 39.1 Å². The van der Waals surface area contributed by atoms with Crippen molar-refractivity contribution in [2.24, 2.45) is 0 Å². The van der Waals surface area contributed by atoms with Gasteiger partial charge in [-0.15, -0.1) is 0 Å². The molecule has 3 aromatic rings. The van der Waals surface area contributed by atoms with E-state index in [-0.39, 0.29) is 5.75 Å². The minimum atomic E-state index is -3.47. The average Bonchev–Trinajstić information content (AvgIpc) is 2.98. The summed E-state index contributed by atoms with van der Waals surface area (Å²) in [5.41, 5.74) is 2.88. The van der Waals surface area contributed by atoms with Crippen LogP contribution in [0, 0.1) is 0 Å². The largest absolute Gasteiger partial charge is 0.245 e. The van der Waals surface area contributed by atoms with Crippen molar-refractivity contribution in [2.45, 2.75) is 19.8 Å². The van der Waals surface area contributed by atoms with Crippen LogP contribution >= 0.6 is 11.6 Å². The smallest absolute Gasteiger partial charge is 0.242 e. The van der Waals surface area contributed by atoms with Crippen LogP contribution in [0.1, 0.15) is 30.9 Å². The fourth-order valence-electron chi connectivity index (χ4n) is 2.74. The van der Waals surface area contributed by atoms with Gasteiger partial charge in [0.15, 0.2) is 0 Å². The Balaban J connectivity index is 1.83. The van der Waals surface area contributed by atoms with Gasteiger partial charge in [0, 0.05) is 16.6 Å². The molecule has 0 aliphatic rings. The van der Waals surface area contributed by atoms with Crippen LogP contribution in [0.3, 0.4) is 0 Å². The first kappa shape index (κ1) is 17.8. The lowest BCUT2D eigenvalue weighted by Gasteiger charge is -2.06. The maximum Gasteiger partial charge on any atom is 0.242 e. The Hall–Kier alpha value is -2.04. The van der Waals surface area contributed by atoms with Crippen molar-refractivity contribution in [1.82, 2.24) is 3.97 Å². The molecule has 1 heterocycles. The van der Waals surface area contributed by atoms with Gasteiger partial charge in [0.25, 0.3) is 0 Å². The highest BCUT2D eigenvalue weighted by atomic mass is 35.5. The van der Waals surface area contributed by atoms with Crippen LogP contribution in [0.15, 0.2) is 60.8 Å². The van der Waals surface area contributed by atoms with Gasteiger partial charge in [-0.05, 0) is 41.3 Å². The van der Waals surface area contributed by atoms with E-state index < -0.39 is 10.0 Å². The molecule has 0 unspecified atom stereocenters. The van der Waals surface area contributed by atoms with E-state index in [9.17, 15) is 8.42 Å². The van der Waals surface area contributed by atoms with Gasteiger partial charge in [-0.2, -0.15) is 0 Å². The van der Waals surface area contributed by atoms with E-state index in [2.05, 4.69) is 26.0 Å². The van der Waals surface area contributed by atoms with Crippen molar-refractivity contribution < 1.29 is 8.42 Å². The van der Waals surface area contributed by atoms with Crippen molar-refractivity contribution in [3.8, 4) is 0 Å². The molecule has 0 spiro atoms. The summed E-state index contributed by atoms with van der Waals surface area (Å²) in [7, 11) is -3.47. The molecule has 3 rings (SSSR count). The van der Waals surface area contributed by atoms with Crippen LogP contribution in [0.4, 0.5) is 0 Å². The minimum Gasteiger partial charge on any atom is -0.245 e. The quantitative estimate of drug-likeness (QED) is 0.608. The van der Waals surface area contributed by atoms with Crippen LogP contribution in [0.25, 0.3) is 17.0 Å². The maximum absolute atomic E-state index is 12.6. The fraction of sp³-hybridized carbons (Fsp3) is 0.200. The summed E-state index contributed by atoms with van der Waals surface area (Å²) < 4.78 is 26.6. The zero-order valence-corrected chi connectivity index (χ0v) is 15.8. The number of rotatable bonds is 5. The third-order valence-electron chi connectivity index (χ3n) is 4.11. The van der Waals surface area contributed by atoms with Gasteiger partial charge < -0.3 is 0 Å². The van der Waals surface area contributed by atoms with Crippen LogP contribution < -0.4 is 0 Å². The molecule has 0 N–H and O–H groups in total. The lowest BCUT2D eigenvalue weighted by molar-refractivity contribution is 0.592. The predicted octanol–water partition coefficient (Wildman–Crippen LogP) is 5.31. The second-order valence-corrected chi connectivity index (χ2v) is 8.65. The molecule has 0 saturated heterocycles. The third-order valence-corrected chi connectivity index (χ3v) is 5.88. The molecular weight excluding hydrogens is 354 g/mol. The Morgan fingerprint density at radius 3 is 2.68 bits per heavy atom. The van der Waals surface area contributed by atoms with Crippen molar-refractivity contribution >= 4 is 38.6 Å². The number of halogens is 1. The summed E-state index contributed by atoms with van der Waals surface area (Å²) in [5, 5.41) is 1.40. The first-order valence-electron chi connectivity index (χ1n) is 8.13. The Bertz CT molecular complexity index is 1030. The predicted molar refractivity (Wildman–Crippen MR) is 106 cm³/mol. The van der Waals surface area contributed by atoms with Gasteiger partial charge in [0.2, 0.25) is 10.0 Å². The number of aromatic nitrogens is 1. The summed E-state index contributed by atoms with van der Waals surface area (Å²) in [6, 6.07) is 15.1. The number of hydrogen-bond acceptors (Lipinski definition) is 2. The van der Waals surface area contributed by atoms with E-state index in [0.717, 1.165) is 10.9 Å². The van der Waals surface area contributed by atoms with Gasteiger partial charge in [0.1, 0.15) is 0 Å². The highest BCUT2D eigenvalue weighted by molar-refractivity contribution is 7.90. The van der Waals surface area contributed by atoms with Crippen LogP contribution in [0.2, 0.25) is 5.02 Å². The normalized spacial score (nSPS) is 12.5.